The molecule has 1 aliphatic heterocycles. The zero-order valence-electron chi connectivity index (χ0n) is 13.8. The average molecular weight is 437 g/mol. The molecule has 22 heavy (non-hydrogen) atoms. The van der Waals surface area contributed by atoms with Crippen LogP contribution in [-0.4, -0.2) is 29.7 Å². The van der Waals surface area contributed by atoms with Gasteiger partial charge in [-0.3, -0.25) is 0 Å². The van der Waals surface area contributed by atoms with E-state index in [1.165, 1.54) is 53.3 Å². The van der Waals surface area contributed by atoms with Crippen LogP contribution in [0.4, 0.5) is 5.95 Å². The monoisotopic (exact) mass is 437 g/mol. The molecule has 2 aliphatic rings. The van der Waals surface area contributed by atoms with Crippen LogP contribution in [0.15, 0.2) is 12.4 Å². The van der Waals surface area contributed by atoms with Crippen molar-refractivity contribution in [1.82, 2.24) is 9.97 Å². The third kappa shape index (κ3) is 9.84. The Morgan fingerprint density at radius 3 is 1.95 bits per heavy atom. The number of hydrogen-bond acceptors (Lipinski definition) is 5. The topological polar surface area (TPSA) is 38.2 Å². The molecule has 0 N–H and O–H groups in total. The molecule has 0 amide bonds. The number of anilines is 1. The summed E-state index contributed by atoms with van der Waals surface area (Å²) in [5, 5.41) is 0. The van der Waals surface area contributed by atoms with Crippen LogP contribution in [0.1, 0.15) is 57.9 Å². The summed E-state index contributed by atoms with van der Waals surface area (Å²) >= 11 is 2.08. The van der Waals surface area contributed by atoms with E-state index in [0.29, 0.717) is 0 Å². The fourth-order valence-electron chi connectivity index (χ4n) is 1.83. The normalized spacial score (nSPS) is 16.0. The van der Waals surface area contributed by atoms with E-state index in [2.05, 4.69) is 43.0 Å². The first-order valence-electron chi connectivity index (χ1n) is 8.27. The van der Waals surface area contributed by atoms with Crippen LogP contribution < -0.4 is 4.90 Å². The highest BCUT2D eigenvalue weighted by atomic mass is 127. The number of rotatable bonds is 4. The Labute approximate surface area is 151 Å². The second kappa shape index (κ2) is 13.4. The van der Waals surface area contributed by atoms with E-state index in [4.69, 9.17) is 4.18 Å². The van der Waals surface area contributed by atoms with E-state index in [1.54, 1.807) is 0 Å². The number of halogens is 1. The maximum atomic E-state index is 4.74. The van der Waals surface area contributed by atoms with Crippen molar-refractivity contribution in [2.45, 2.75) is 58.8 Å². The molecule has 0 spiro atoms. The quantitative estimate of drug-likeness (QED) is 0.477. The summed E-state index contributed by atoms with van der Waals surface area (Å²) in [5.74, 6) is 0.905. The van der Waals surface area contributed by atoms with Crippen LogP contribution in [0.3, 0.4) is 0 Å². The minimum Gasteiger partial charge on any atom is -0.341 e. The standard InChI is InChI=1S/C11H17N3.C3H6.C2H5IOS/c1-2-10-8-12-11(13-9-10)14-6-4-3-5-7-14;1-2-3-1;1-2-4-5-3/h8-9H,2-7H2,1H3;1-3H2;2H2,1H3. The molecule has 1 aromatic heterocycles. The maximum Gasteiger partial charge on any atom is 0.225 e. The summed E-state index contributed by atoms with van der Waals surface area (Å²) in [4.78, 5) is 11.1. The third-order valence-corrected chi connectivity index (χ3v) is 4.34. The molecule has 6 heteroatoms. The summed E-state index contributed by atoms with van der Waals surface area (Å²) in [6, 6.07) is 0. The highest BCUT2D eigenvalue weighted by molar-refractivity contribution is 14.2. The van der Waals surface area contributed by atoms with Gasteiger partial charge in [0.15, 0.2) is 0 Å². The fourth-order valence-corrected chi connectivity index (χ4v) is 2.68. The summed E-state index contributed by atoms with van der Waals surface area (Å²) < 4.78 is 4.74. The predicted octanol–water partition coefficient (Wildman–Crippen LogP) is 5.22. The number of aryl methyl sites for hydroxylation is 1. The second-order valence-corrected chi connectivity index (χ2v) is 6.76. The van der Waals surface area contributed by atoms with Gasteiger partial charge in [-0.1, -0.05) is 26.2 Å². The van der Waals surface area contributed by atoms with Crippen LogP contribution in [0.5, 0.6) is 0 Å². The Kier molecular flexibility index (Phi) is 12.1. The molecule has 0 unspecified atom stereocenters. The van der Waals surface area contributed by atoms with Crippen molar-refractivity contribution < 1.29 is 4.18 Å². The minimum atomic E-state index is 0.799. The van der Waals surface area contributed by atoms with Gasteiger partial charge in [-0.15, -0.1) is 0 Å². The Morgan fingerprint density at radius 1 is 1.05 bits per heavy atom. The molecule has 0 radical (unpaired) electrons. The fraction of sp³-hybridized carbons (Fsp3) is 0.750. The van der Waals surface area contributed by atoms with Gasteiger partial charge in [0.25, 0.3) is 0 Å². The van der Waals surface area contributed by atoms with E-state index in [-0.39, 0.29) is 0 Å². The molecular weight excluding hydrogens is 409 g/mol. The minimum absolute atomic E-state index is 0.799. The number of piperidine rings is 1. The first-order valence-corrected chi connectivity index (χ1v) is 11.6. The summed E-state index contributed by atoms with van der Waals surface area (Å²) in [6.07, 6.45) is 13.3. The van der Waals surface area contributed by atoms with E-state index in [9.17, 15) is 0 Å². The number of aromatic nitrogens is 2. The van der Waals surface area contributed by atoms with E-state index in [0.717, 1.165) is 32.1 Å². The van der Waals surface area contributed by atoms with Gasteiger partial charge in [0.2, 0.25) is 5.95 Å². The molecule has 126 valence electrons. The Balaban J connectivity index is 0.000000250. The van der Waals surface area contributed by atoms with Crippen molar-refractivity contribution in [3.8, 4) is 0 Å². The highest BCUT2D eigenvalue weighted by Gasteiger charge is 2.12. The molecular formula is C16H28IN3OS. The molecule has 2 heterocycles. The SMILES string of the molecule is C1CC1.CCOSI.CCc1cnc(N2CCCCC2)nc1. The van der Waals surface area contributed by atoms with Crippen LogP contribution in [0.25, 0.3) is 0 Å². The molecule has 0 bridgehead atoms. The molecule has 1 saturated heterocycles. The summed E-state index contributed by atoms with van der Waals surface area (Å²) in [7, 11) is 1.37. The highest BCUT2D eigenvalue weighted by Crippen LogP contribution is 2.15. The summed E-state index contributed by atoms with van der Waals surface area (Å²) in [5.41, 5.74) is 1.21. The van der Waals surface area contributed by atoms with Gasteiger partial charge < -0.3 is 9.08 Å². The van der Waals surface area contributed by atoms with Gasteiger partial charge in [-0.25, -0.2) is 9.97 Å². The van der Waals surface area contributed by atoms with E-state index < -0.39 is 0 Å². The van der Waals surface area contributed by atoms with Gasteiger partial charge in [-0.05, 0) is 38.2 Å². The van der Waals surface area contributed by atoms with Gasteiger partial charge in [0.1, 0.15) is 0 Å². The molecule has 1 aliphatic carbocycles. The summed E-state index contributed by atoms with van der Waals surface area (Å²) in [6.45, 7) is 7.12. The van der Waals surface area contributed by atoms with Crippen molar-refractivity contribution in [3.05, 3.63) is 18.0 Å². The van der Waals surface area contributed by atoms with Crippen molar-refractivity contribution in [3.63, 3.8) is 0 Å². The van der Waals surface area contributed by atoms with Crippen molar-refractivity contribution in [2.75, 3.05) is 24.6 Å². The molecule has 3 rings (SSSR count). The van der Waals surface area contributed by atoms with E-state index >= 15 is 0 Å². The average Bonchev–Trinajstić information content (AvgIpc) is 3.46. The maximum absolute atomic E-state index is 4.74. The van der Waals surface area contributed by atoms with Crippen molar-refractivity contribution >= 4 is 36.4 Å². The van der Waals surface area contributed by atoms with Crippen molar-refractivity contribution in [1.29, 1.82) is 0 Å². The van der Waals surface area contributed by atoms with Crippen LogP contribution in [0.2, 0.25) is 0 Å². The Hall–Kier alpha value is -0.0800. The van der Waals surface area contributed by atoms with Gasteiger partial charge >= 0.3 is 0 Å². The largest absolute Gasteiger partial charge is 0.341 e. The van der Waals surface area contributed by atoms with Crippen LogP contribution in [-0.2, 0) is 10.6 Å². The lowest BCUT2D eigenvalue weighted by molar-refractivity contribution is 0.409. The first-order chi connectivity index (χ1) is 10.8. The lowest BCUT2D eigenvalue weighted by Gasteiger charge is -2.26. The van der Waals surface area contributed by atoms with Crippen molar-refractivity contribution in [2.24, 2.45) is 0 Å². The molecule has 0 atom stereocenters. The zero-order chi connectivity index (χ0) is 16.0. The van der Waals surface area contributed by atoms with Gasteiger partial charge in [0, 0.05) is 46.7 Å². The lowest BCUT2D eigenvalue weighted by Crippen LogP contribution is -2.30. The Bertz CT molecular complexity index is 365. The smallest absolute Gasteiger partial charge is 0.225 e. The number of nitrogens with zero attached hydrogens (tertiary/aromatic N) is 3. The molecule has 4 nitrogen and oxygen atoms in total. The first kappa shape index (κ1) is 20.0. The Morgan fingerprint density at radius 2 is 1.59 bits per heavy atom. The van der Waals surface area contributed by atoms with Crippen LogP contribution in [0, 0.1) is 0 Å². The lowest BCUT2D eigenvalue weighted by atomic mass is 10.1. The van der Waals surface area contributed by atoms with E-state index in [1.807, 2.05) is 19.3 Å². The molecule has 0 aromatic carbocycles. The second-order valence-electron chi connectivity index (χ2n) is 5.32. The zero-order valence-corrected chi connectivity index (χ0v) is 16.7. The number of hydrogen-bond donors (Lipinski definition) is 0. The van der Waals surface area contributed by atoms with Gasteiger partial charge in [-0.2, -0.15) is 0 Å². The third-order valence-electron chi connectivity index (χ3n) is 3.25. The molecule has 2 fully saturated rings. The van der Waals surface area contributed by atoms with Crippen LogP contribution >= 0.6 is 30.4 Å². The molecule has 1 saturated carbocycles. The molecule has 1 aromatic rings. The predicted molar refractivity (Wildman–Crippen MR) is 105 cm³/mol. The van der Waals surface area contributed by atoms with Gasteiger partial charge in [0.05, 0.1) is 15.8 Å².